The number of thiazole rings is 1. The summed E-state index contributed by atoms with van der Waals surface area (Å²) in [6.45, 7) is 4.64. The first-order chi connectivity index (χ1) is 21.3. The predicted molar refractivity (Wildman–Crippen MR) is 160 cm³/mol. The molecule has 0 fully saturated rings. The Morgan fingerprint density at radius 3 is 1.93 bits per heavy atom. The van der Waals surface area contributed by atoms with Crippen molar-refractivity contribution in [3.8, 4) is 10.4 Å². The second-order valence-electron chi connectivity index (χ2n) is 9.43. The first-order valence-corrected chi connectivity index (χ1v) is 14.0. The molecule has 0 aliphatic carbocycles. The van der Waals surface area contributed by atoms with E-state index in [2.05, 4.69) is 51.8 Å². The highest BCUT2D eigenvalue weighted by Crippen LogP contribution is 2.32. The summed E-state index contributed by atoms with van der Waals surface area (Å²) in [4.78, 5) is 39.4. The van der Waals surface area contributed by atoms with Crippen molar-refractivity contribution in [2.75, 3.05) is 12.3 Å². The van der Waals surface area contributed by atoms with E-state index in [0.717, 1.165) is 35.4 Å². The van der Waals surface area contributed by atoms with Crippen molar-refractivity contribution >= 4 is 46.1 Å². The summed E-state index contributed by atoms with van der Waals surface area (Å²) in [5.74, 6) is -5.09. The number of carboxylic acids is 2. The summed E-state index contributed by atoms with van der Waals surface area (Å²) in [7, 11) is 0. The summed E-state index contributed by atoms with van der Waals surface area (Å²) < 4.78 is 63.5. The van der Waals surface area contributed by atoms with Crippen molar-refractivity contribution < 1.29 is 50.9 Å². The average Bonchev–Trinajstić information content (AvgIpc) is 3.30. The lowest BCUT2D eigenvalue weighted by atomic mass is 10.0. The van der Waals surface area contributed by atoms with Gasteiger partial charge in [0, 0.05) is 6.54 Å². The molecule has 1 aromatic heterocycles. The van der Waals surface area contributed by atoms with Crippen molar-refractivity contribution in [2.45, 2.75) is 45.5 Å². The number of aliphatic carboxylic acids is 2. The van der Waals surface area contributed by atoms with Gasteiger partial charge in [0.05, 0.1) is 16.3 Å². The van der Waals surface area contributed by atoms with Crippen LogP contribution in [0, 0.1) is 12.8 Å². The summed E-state index contributed by atoms with van der Waals surface area (Å²) in [5.41, 5.74) is 15.6. The topological polar surface area (TPSA) is 193 Å². The minimum atomic E-state index is -5.08. The van der Waals surface area contributed by atoms with E-state index < -0.39 is 24.3 Å². The Morgan fingerprint density at radius 1 is 0.957 bits per heavy atom. The van der Waals surface area contributed by atoms with Gasteiger partial charge in [-0.3, -0.25) is 5.32 Å². The number of anilines is 1. The lowest BCUT2D eigenvalue weighted by molar-refractivity contribution is -0.193. The standard InChI is InChI=1S/C24H30N6OS.2C2HF3O2/c1-16(7-6-10-18-8-4-3-5-9-18)15-27-24(31)30-22(25)29-20-13-11-19(12-14-20)21-17(2)28-23(26)32-21;2*3-2(4,5)1(6)7/h3-5,8-9,11-14,16H,6-7,10,15H2,1-2H3,(H2,26,28)(H4,25,27,29,30,31);2*(H,6,7). The van der Waals surface area contributed by atoms with E-state index >= 15 is 0 Å². The number of benzene rings is 2. The third-order valence-electron chi connectivity index (χ3n) is 5.54. The second-order valence-corrected chi connectivity index (χ2v) is 10.5. The van der Waals surface area contributed by atoms with Crippen molar-refractivity contribution in [3.63, 3.8) is 0 Å². The molecule has 0 spiro atoms. The van der Waals surface area contributed by atoms with E-state index in [0.29, 0.717) is 23.3 Å². The van der Waals surface area contributed by atoms with Gasteiger partial charge in [0.15, 0.2) is 5.13 Å². The Bertz CT molecular complexity index is 1420. The number of nitrogen functional groups attached to an aromatic ring is 1. The fourth-order valence-electron chi connectivity index (χ4n) is 3.37. The highest BCUT2D eigenvalue weighted by Gasteiger charge is 2.38. The van der Waals surface area contributed by atoms with Crippen LogP contribution in [0.25, 0.3) is 10.4 Å². The number of urea groups is 1. The van der Waals surface area contributed by atoms with Crippen LogP contribution in [0.2, 0.25) is 0 Å². The van der Waals surface area contributed by atoms with Gasteiger partial charge in [-0.25, -0.2) is 24.4 Å². The number of rotatable bonds is 8. The number of halogens is 6. The molecule has 0 bridgehead atoms. The minimum absolute atomic E-state index is 0.0465. The number of nitrogens with zero attached hydrogens (tertiary/aromatic N) is 2. The smallest absolute Gasteiger partial charge is 0.475 e. The molecule has 1 atom stereocenters. The van der Waals surface area contributed by atoms with Crippen molar-refractivity contribution in [1.29, 1.82) is 0 Å². The SMILES string of the molecule is Cc1nc(N)sc1-c1ccc(N=C(N)NC(=O)NCC(C)CCCc2ccccc2)cc1.O=C(O)C(F)(F)F.O=C(O)C(F)(F)F. The van der Waals surface area contributed by atoms with Crippen LogP contribution in [-0.2, 0) is 16.0 Å². The van der Waals surface area contributed by atoms with Crippen LogP contribution in [0.3, 0.4) is 0 Å². The number of amides is 2. The number of carboxylic acid groups (broad SMARTS) is 2. The molecule has 0 aliphatic heterocycles. The molecule has 2 aromatic carbocycles. The maximum atomic E-state index is 12.1. The van der Waals surface area contributed by atoms with Crippen LogP contribution >= 0.6 is 11.3 Å². The average molecular weight is 679 g/mol. The number of hydrogen-bond acceptors (Lipinski definition) is 7. The minimum Gasteiger partial charge on any atom is -0.475 e. The van der Waals surface area contributed by atoms with Crippen molar-refractivity contribution in [3.05, 3.63) is 65.9 Å². The molecule has 0 saturated heterocycles. The molecule has 3 rings (SSSR count). The molecular formula is C28H32F6N6O5S. The number of nitrogens with one attached hydrogen (secondary N) is 2. The highest BCUT2D eigenvalue weighted by molar-refractivity contribution is 7.18. The third-order valence-corrected chi connectivity index (χ3v) is 6.57. The largest absolute Gasteiger partial charge is 0.490 e. The lowest BCUT2D eigenvalue weighted by Gasteiger charge is -2.13. The van der Waals surface area contributed by atoms with Gasteiger partial charge in [-0.2, -0.15) is 26.3 Å². The molecule has 1 unspecified atom stereocenters. The number of carbonyl (C=O) groups is 3. The van der Waals surface area contributed by atoms with Crippen LogP contribution < -0.4 is 22.1 Å². The van der Waals surface area contributed by atoms with E-state index in [4.69, 9.17) is 31.3 Å². The first kappa shape index (κ1) is 39.2. The summed E-state index contributed by atoms with van der Waals surface area (Å²) in [5, 5.41) is 20.2. The van der Waals surface area contributed by atoms with Gasteiger partial charge in [-0.1, -0.05) is 60.7 Å². The fourth-order valence-corrected chi connectivity index (χ4v) is 4.21. The maximum Gasteiger partial charge on any atom is 0.490 e. The van der Waals surface area contributed by atoms with Crippen LogP contribution in [0.5, 0.6) is 0 Å². The van der Waals surface area contributed by atoms with Crippen molar-refractivity contribution in [1.82, 2.24) is 15.6 Å². The van der Waals surface area contributed by atoms with Crippen molar-refractivity contribution in [2.24, 2.45) is 16.6 Å². The fraction of sp³-hybridized carbons (Fsp3) is 0.321. The zero-order valence-corrected chi connectivity index (χ0v) is 25.3. The molecule has 0 aliphatic rings. The summed E-state index contributed by atoms with van der Waals surface area (Å²) in [6, 6.07) is 17.6. The number of nitrogens with two attached hydrogens (primary N) is 2. The van der Waals surface area contributed by atoms with Crippen LogP contribution in [0.15, 0.2) is 59.6 Å². The van der Waals surface area contributed by atoms with Gasteiger partial charge in [-0.15, -0.1) is 0 Å². The Balaban J connectivity index is 0.000000629. The molecule has 3 aromatic rings. The number of carbonyl (C=O) groups excluding carboxylic acids is 1. The molecule has 8 N–H and O–H groups in total. The quantitative estimate of drug-likeness (QED) is 0.0967. The Labute approximate surface area is 263 Å². The molecule has 18 heteroatoms. The monoisotopic (exact) mass is 678 g/mol. The number of hydrogen-bond donors (Lipinski definition) is 6. The van der Waals surface area contributed by atoms with Gasteiger partial charge >= 0.3 is 30.3 Å². The zero-order valence-electron chi connectivity index (χ0n) is 24.4. The van der Waals surface area contributed by atoms with Gasteiger partial charge in [0.2, 0.25) is 5.96 Å². The zero-order chi connectivity index (χ0) is 35.1. The summed E-state index contributed by atoms with van der Waals surface area (Å²) >= 11 is 1.45. The highest BCUT2D eigenvalue weighted by atomic mass is 32.1. The van der Waals surface area contributed by atoms with Crippen LogP contribution in [0.4, 0.5) is 42.0 Å². The Morgan fingerprint density at radius 2 is 1.48 bits per heavy atom. The number of aromatic nitrogens is 1. The molecule has 2 amide bonds. The molecular weight excluding hydrogens is 646 g/mol. The molecule has 0 radical (unpaired) electrons. The normalized spacial score (nSPS) is 12.0. The van der Waals surface area contributed by atoms with E-state index in [9.17, 15) is 31.1 Å². The molecule has 252 valence electrons. The van der Waals surface area contributed by atoms with E-state index in [1.807, 2.05) is 37.3 Å². The van der Waals surface area contributed by atoms with E-state index in [1.54, 1.807) is 0 Å². The summed E-state index contributed by atoms with van der Waals surface area (Å²) in [6.07, 6.45) is -7.00. The van der Waals surface area contributed by atoms with Gasteiger partial charge in [0.25, 0.3) is 0 Å². The Kier molecular flexibility index (Phi) is 15.5. The van der Waals surface area contributed by atoms with Gasteiger partial charge in [0.1, 0.15) is 0 Å². The predicted octanol–water partition coefficient (Wildman–Crippen LogP) is 5.87. The van der Waals surface area contributed by atoms with Gasteiger partial charge < -0.3 is 27.0 Å². The molecule has 11 nitrogen and oxygen atoms in total. The van der Waals surface area contributed by atoms with Crippen LogP contribution in [0.1, 0.15) is 31.0 Å². The molecule has 1 heterocycles. The Hall–Kier alpha value is -4.87. The van der Waals surface area contributed by atoms with E-state index in [-0.39, 0.29) is 12.0 Å². The maximum absolute atomic E-state index is 12.1. The van der Waals surface area contributed by atoms with Gasteiger partial charge in [-0.05, 0) is 55.4 Å². The molecule has 46 heavy (non-hydrogen) atoms. The second kappa shape index (κ2) is 18.2. The van der Waals surface area contributed by atoms with Crippen LogP contribution in [-0.4, -0.2) is 58.0 Å². The number of alkyl halides is 6. The first-order valence-electron chi connectivity index (χ1n) is 13.2. The molecule has 0 saturated carbocycles. The number of aryl methyl sites for hydroxylation is 2. The number of aliphatic imine (C=N–C) groups is 1. The lowest BCUT2D eigenvalue weighted by Crippen LogP contribution is -2.44. The third kappa shape index (κ3) is 15.7. The van der Waals surface area contributed by atoms with E-state index in [1.165, 1.54) is 16.9 Å². The number of guanidine groups is 1.